The van der Waals surface area contributed by atoms with Crippen molar-refractivity contribution < 1.29 is 9.53 Å². The van der Waals surface area contributed by atoms with Crippen LogP contribution in [0.25, 0.3) is 10.2 Å². The van der Waals surface area contributed by atoms with Crippen molar-refractivity contribution in [2.75, 3.05) is 5.32 Å². The first-order chi connectivity index (χ1) is 15.9. The van der Waals surface area contributed by atoms with E-state index >= 15 is 0 Å². The van der Waals surface area contributed by atoms with Crippen molar-refractivity contribution in [3.63, 3.8) is 0 Å². The summed E-state index contributed by atoms with van der Waals surface area (Å²) in [5.41, 5.74) is 2.66. The van der Waals surface area contributed by atoms with Crippen LogP contribution in [-0.4, -0.2) is 21.1 Å². The lowest BCUT2D eigenvalue weighted by Crippen LogP contribution is -2.23. The van der Waals surface area contributed by atoms with E-state index in [1.807, 2.05) is 75.4 Å². The van der Waals surface area contributed by atoms with Gasteiger partial charge in [0.05, 0.1) is 16.4 Å². The van der Waals surface area contributed by atoms with Gasteiger partial charge >= 0.3 is 0 Å². The third-order valence-electron chi connectivity index (χ3n) is 5.30. The summed E-state index contributed by atoms with van der Waals surface area (Å²) in [5.74, 6) is 1.66. The van der Waals surface area contributed by atoms with Crippen LogP contribution in [0.3, 0.4) is 0 Å². The van der Waals surface area contributed by atoms with Gasteiger partial charge in [-0.1, -0.05) is 30.3 Å². The molecule has 0 aliphatic rings. The van der Waals surface area contributed by atoms with Gasteiger partial charge in [-0.15, -0.1) is 23.1 Å². The minimum Gasteiger partial charge on any atom is -0.489 e. The molecule has 1 unspecified atom stereocenters. The molecule has 170 valence electrons. The zero-order valence-electron chi connectivity index (χ0n) is 18.7. The molecule has 33 heavy (non-hydrogen) atoms. The topological polar surface area (TPSA) is 84.1 Å². The van der Waals surface area contributed by atoms with Crippen LogP contribution < -0.4 is 15.6 Å². The Morgan fingerprint density at radius 2 is 1.88 bits per heavy atom. The minimum absolute atomic E-state index is 0.107. The van der Waals surface area contributed by atoms with E-state index in [4.69, 9.17) is 4.74 Å². The van der Waals surface area contributed by atoms with Crippen molar-refractivity contribution in [2.45, 2.75) is 38.4 Å². The number of ether oxygens (including phenoxy) is 1. The van der Waals surface area contributed by atoms with E-state index in [-0.39, 0.29) is 16.7 Å². The van der Waals surface area contributed by atoms with Gasteiger partial charge in [0.1, 0.15) is 23.0 Å². The van der Waals surface area contributed by atoms with E-state index in [2.05, 4.69) is 15.3 Å². The van der Waals surface area contributed by atoms with Crippen LogP contribution in [0.4, 0.5) is 5.69 Å². The number of benzene rings is 2. The van der Waals surface area contributed by atoms with Gasteiger partial charge in [0, 0.05) is 10.6 Å². The van der Waals surface area contributed by atoms with Gasteiger partial charge < -0.3 is 15.0 Å². The maximum absolute atomic E-state index is 12.6. The Morgan fingerprint density at radius 1 is 1.15 bits per heavy atom. The first-order valence-electron chi connectivity index (χ1n) is 10.6. The summed E-state index contributed by atoms with van der Waals surface area (Å²) in [6.07, 6.45) is 0. The Morgan fingerprint density at radius 3 is 2.61 bits per heavy atom. The zero-order valence-corrected chi connectivity index (χ0v) is 20.3. The number of H-pyrrole nitrogens is 1. The van der Waals surface area contributed by atoms with Crippen LogP contribution in [0.15, 0.2) is 59.4 Å². The number of thioether (sulfide) groups is 1. The Labute approximate surface area is 200 Å². The highest BCUT2D eigenvalue weighted by molar-refractivity contribution is 7.99. The molecule has 2 N–H and O–H groups in total. The van der Waals surface area contributed by atoms with E-state index in [9.17, 15) is 9.59 Å². The summed E-state index contributed by atoms with van der Waals surface area (Å²) >= 11 is 2.95. The molecule has 8 heteroatoms. The Balaban J connectivity index is 1.30. The number of anilines is 1. The number of nitrogens with zero attached hydrogens (tertiary/aromatic N) is 1. The number of nitrogens with one attached hydrogen (secondary N) is 2. The average molecular weight is 480 g/mol. The molecule has 0 saturated heterocycles. The number of rotatable bonds is 8. The fourth-order valence-corrected chi connectivity index (χ4v) is 5.07. The number of hydrogen-bond acceptors (Lipinski definition) is 6. The number of aromatic nitrogens is 2. The minimum atomic E-state index is -0.313. The molecule has 6 nitrogen and oxygen atoms in total. The molecule has 0 bridgehead atoms. The highest BCUT2D eigenvalue weighted by atomic mass is 32.2. The second kappa shape index (κ2) is 10.2. The Hall–Kier alpha value is -3.10. The average Bonchev–Trinajstić information content (AvgIpc) is 3.11. The second-order valence-corrected chi connectivity index (χ2v) is 10.2. The number of aromatic amines is 1. The molecule has 2 aromatic carbocycles. The standard InChI is InChI=1S/C25H25N3O3S2/c1-15-16(2)33-25-22(15)24(30)27-21(28-25)14-32-17(3)23(29)26-19-9-11-20(12-10-19)31-13-18-7-5-4-6-8-18/h4-12,17H,13-14H2,1-3H3,(H,26,29)(H,27,28,30). The number of amides is 1. The number of fused-ring (bicyclic) bond motifs is 1. The van der Waals surface area contributed by atoms with Gasteiger partial charge in [0.25, 0.3) is 5.56 Å². The fourth-order valence-electron chi connectivity index (χ4n) is 3.27. The second-order valence-electron chi connectivity index (χ2n) is 7.72. The molecule has 2 aromatic heterocycles. The summed E-state index contributed by atoms with van der Waals surface area (Å²) in [5, 5.41) is 3.27. The van der Waals surface area contributed by atoms with Crippen molar-refractivity contribution in [3.05, 3.63) is 86.8 Å². The molecular weight excluding hydrogens is 454 g/mol. The van der Waals surface area contributed by atoms with Crippen molar-refractivity contribution in [1.29, 1.82) is 0 Å². The van der Waals surface area contributed by atoms with Crippen molar-refractivity contribution in [2.24, 2.45) is 0 Å². The van der Waals surface area contributed by atoms with Gasteiger partial charge in [0.15, 0.2) is 0 Å². The predicted molar refractivity (Wildman–Crippen MR) is 136 cm³/mol. The van der Waals surface area contributed by atoms with E-state index in [1.165, 1.54) is 23.1 Å². The number of aryl methyl sites for hydroxylation is 2. The lowest BCUT2D eigenvalue weighted by atomic mass is 10.2. The molecule has 0 aliphatic carbocycles. The molecule has 0 radical (unpaired) electrons. The number of carbonyl (C=O) groups is 1. The zero-order chi connectivity index (χ0) is 23.4. The monoisotopic (exact) mass is 479 g/mol. The first-order valence-corrected chi connectivity index (χ1v) is 12.5. The first kappa shape index (κ1) is 23.1. The van der Waals surface area contributed by atoms with Gasteiger partial charge in [-0.2, -0.15) is 0 Å². The van der Waals surface area contributed by atoms with E-state index < -0.39 is 0 Å². The van der Waals surface area contributed by atoms with Gasteiger partial charge in [0.2, 0.25) is 5.91 Å². The molecule has 0 aliphatic heterocycles. The van der Waals surface area contributed by atoms with E-state index in [1.54, 1.807) is 0 Å². The molecule has 0 fully saturated rings. The van der Waals surface area contributed by atoms with Gasteiger partial charge in [-0.3, -0.25) is 9.59 Å². The molecule has 4 aromatic rings. The van der Waals surface area contributed by atoms with E-state index in [0.29, 0.717) is 29.3 Å². The number of hydrogen-bond donors (Lipinski definition) is 2. The lowest BCUT2D eigenvalue weighted by molar-refractivity contribution is -0.115. The quantitative estimate of drug-likeness (QED) is 0.352. The largest absolute Gasteiger partial charge is 0.489 e. The van der Waals surface area contributed by atoms with Crippen LogP contribution in [0, 0.1) is 13.8 Å². The van der Waals surface area contributed by atoms with Crippen molar-refractivity contribution in [3.8, 4) is 5.75 Å². The van der Waals surface area contributed by atoms with Gasteiger partial charge in [-0.25, -0.2) is 4.98 Å². The normalized spacial score (nSPS) is 12.0. The number of thiophene rings is 1. The Bertz CT molecular complexity index is 1310. The summed E-state index contributed by atoms with van der Waals surface area (Å²) in [6, 6.07) is 17.3. The highest BCUT2D eigenvalue weighted by Crippen LogP contribution is 2.27. The molecule has 4 rings (SSSR count). The van der Waals surface area contributed by atoms with E-state index in [0.717, 1.165) is 26.6 Å². The summed E-state index contributed by atoms with van der Waals surface area (Å²) < 4.78 is 5.78. The van der Waals surface area contributed by atoms with Crippen LogP contribution in [0.1, 0.15) is 28.8 Å². The lowest BCUT2D eigenvalue weighted by Gasteiger charge is -2.12. The fraction of sp³-hybridized carbons (Fsp3) is 0.240. The van der Waals surface area contributed by atoms with Gasteiger partial charge in [-0.05, 0) is 56.2 Å². The summed E-state index contributed by atoms with van der Waals surface area (Å²) in [7, 11) is 0. The van der Waals surface area contributed by atoms with Crippen LogP contribution in [0.2, 0.25) is 0 Å². The maximum atomic E-state index is 12.6. The predicted octanol–water partition coefficient (Wildman–Crippen LogP) is 5.44. The SMILES string of the molecule is Cc1sc2nc(CSC(C)C(=O)Nc3ccc(OCc4ccccc4)cc3)[nH]c(=O)c2c1C. The van der Waals surface area contributed by atoms with Crippen molar-refractivity contribution in [1.82, 2.24) is 9.97 Å². The third kappa shape index (κ3) is 5.64. The van der Waals surface area contributed by atoms with Crippen LogP contribution >= 0.6 is 23.1 Å². The van der Waals surface area contributed by atoms with Crippen LogP contribution in [0.5, 0.6) is 5.75 Å². The van der Waals surface area contributed by atoms with Crippen molar-refractivity contribution >= 4 is 44.9 Å². The molecule has 2 heterocycles. The summed E-state index contributed by atoms with van der Waals surface area (Å²) in [4.78, 5) is 34.3. The summed E-state index contributed by atoms with van der Waals surface area (Å²) in [6.45, 7) is 6.26. The molecule has 0 saturated carbocycles. The molecule has 1 amide bonds. The molecular formula is C25H25N3O3S2. The smallest absolute Gasteiger partial charge is 0.259 e. The maximum Gasteiger partial charge on any atom is 0.259 e. The highest BCUT2D eigenvalue weighted by Gasteiger charge is 2.16. The third-order valence-corrected chi connectivity index (χ3v) is 7.55. The molecule has 0 spiro atoms. The molecule has 1 atom stereocenters. The Kier molecular flexibility index (Phi) is 7.15. The number of carbonyl (C=O) groups excluding carboxylic acids is 1. The van der Waals surface area contributed by atoms with Crippen LogP contribution in [-0.2, 0) is 17.2 Å².